The number of hydrogen-bond acceptors (Lipinski definition) is 7. The Morgan fingerprint density at radius 1 is 0.840 bits per heavy atom. The van der Waals surface area contributed by atoms with Crippen molar-refractivity contribution in [2.24, 2.45) is 5.92 Å². The van der Waals surface area contributed by atoms with Crippen LogP contribution in [0.5, 0.6) is 0 Å². The van der Waals surface area contributed by atoms with Crippen LogP contribution in [0, 0.1) is 5.92 Å². The summed E-state index contributed by atoms with van der Waals surface area (Å²) in [6, 6.07) is 0. The van der Waals surface area contributed by atoms with Crippen LogP contribution in [0.15, 0.2) is 0 Å². The van der Waals surface area contributed by atoms with Crippen molar-refractivity contribution in [2.75, 3.05) is 0 Å². The van der Waals surface area contributed by atoms with Crippen molar-refractivity contribution in [3.05, 3.63) is 0 Å². The van der Waals surface area contributed by atoms with E-state index in [0.29, 0.717) is 12.8 Å². The van der Waals surface area contributed by atoms with Crippen LogP contribution >= 0.6 is 0 Å². The van der Waals surface area contributed by atoms with Crippen molar-refractivity contribution in [3.63, 3.8) is 0 Å². The van der Waals surface area contributed by atoms with Crippen molar-refractivity contribution in [2.45, 2.75) is 89.6 Å². The predicted molar refractivity (Wildman–Crippen MR) is 84.5 cm³/mol. The zero-order chi connectivity index (χ0) is 19.3. The standard InChI is InChI=1S/C18H32O7/c1-2-3-4-5-6-7-8-9-10-11-12-14(16(21)22)18(25,17(23)24)13-15(19)20/h14,25H,2-13H2,1H3,(H,19,20)(H,21,22)(H,23,24)/p-3. The molecular weight excluding hydrogens is 328 g/mol. The number of carbonyl (C=O) groups excluding carboxylic acids is 3. The number of hydrogen-bond donors (Lipinski definition) is 1. The van der Waals surface area contributed by atoms with Crippen LogP contribution < -0.4 is 15.3 Å². The van der Waals surface area contributed by atoms with E-state index in [0.717, 1.165) is 25.7 Å². The van der Waals surface area contributed by atoms with Crippen LogP contribution in [0.25, 0.3) is 0 Å². The van der Waals surface area contributed by atoms with Gasteiger partial charge in [-0.25, -0.2) is 0 Å². The summed E-state index contributed by atoms with van der Waals surface area (Å²) in [6.07, 6.45) is 8.55. The van der Waals surface area contributed by atoms with Gasteiger partial charge in [-0.05, 0) is 6.42 Å². The van der Waals surface area contributed by atoms with Gasteiger partial charge in [0.1, 0.15) is 5.60 Å². The summed E-state index contributed by atoms with van der Waals surface area (Å²) >= 11 is 0. The summed E-state index contributed by atoms with van der Waals surface area (Å²) in [5.41, 5.74) is -3.02. The molecule has 0 aromatic carbocycles. The summed E-state index contributed by atoms with van der Waals surface area (Å²) < 4.78 is 0. The molecule has 2 unspecified atom stereocenters. The van der Waals surface area contributed by atoms with E-state index in [-0.39, 0.29) is 6.42 Å². The molecule has 146 valence electrons. The van der Waals surface area contributed by atoms with E-state index in [2.05, 4.69) is 6.92 Å². The van der Waals surface area contributed by atoms with Gasteiger partial charge in [0.2, 0.25) is 0 Å². The Bertz CT molecular complexity index is 422. The SMILES string of the molecule is CCCCCCCCCCCCC(C(=O)[O-])C(O)(CC(=O)[O-])C(=O)[O-]. The highest BCUT2D eigenvalue weighted by atomic mass is 16.4. The van der Waals surface area contributed by atoms with E-state index in [9.17, 15) is 34.8 Å². The minimum atomic E-state index is -3.02. The van der Waals surface area contributed by atoms with E-state index in [1.807, 2.05) is 0 Å². The van der Waals surface area contributed by atoms with Gasteiger partial charge >= 0.3 is 0 Å². The van der Waals surface area contributed by atoms with Gasteiger partial charge in [-0.2, -0.15) is 0 Å². The monoisotopic (exact) mass is 357 g/mol. The van der Waals surface area contributed by atoms with Gasteiger partial charge in [0, 0.05) is 24.3 Å². The molecule has 7 heteroatoms. The summed E-state index contributed by atoms with van der Waals surface area (Å²) in [5.74, 6) is -7.65. The third-order valence-corrected chi connectivity index (χ3v) is 4.47. The minimum absolute atomic E-state index is 0.184. The number of aliphatic hydroxyl groups is 1. The fraction of sp³-hybridized carbons (Fsp3) is 0.833. The Kier molecular flexibility index (Phi) is 11.9. The molecule has 2 atom stereocenters. The van der Waals surface area contributed by atoms with E-state index >= 15 is 0 Å². The van der Waals surface area contributed by atoms with Crippen LogP contribution in [0.1, 0.15) is 84.0 Å². The number of aliphatic carboxylic acids is 3. The largest absolute Gasteiger partial charge is 0.550 e. The lowest BCUT2D eigenvalue weighted by molar-refractivity contribution is -0.347. The first-order chi connectivity index (χ1) is 11.8. The predicted octanol–water partition coefficient (Wildman–Crippen LogP) is -0.715. The summed E-state index contributed by atoms with van der Waals surface area (Å²) in [6.45, 7) is 2.16. The molecule has 0 fully saturated rings. The Morgan fingerprint density at radius 2 is 1.28 bits per heavy atom. The van der Waals surface area contributed by atoms with Crippen LogP contribution in [0.4, 0.5) is 0 Å². The Balaban J connectivity index is 4.22. The Labute approximate surface area is 149 Å². The van der Waals surface area contributed by atoms with Gasteiger partial charge in [-0.3, -0.25) is 0 Å². The molecule has 0 aromatic rings. The van der Waals surface area contributed by atoms with E-state index in [1.54, 1.807) is 0 Å². The highest BCUT2D eigenvalue weighted by Gasteiger charge is 2.39. The molecule has 0 aromatic heterocycles. The van der Waals surface area contributed by atoms with Crippen molar-refractivity contribution in [1.29, 1.82) is 0 Å². The van der Waals surface area contributed by atoms with Crippen LogP contribution in [-0.2, 0) is 14.4 Å². The maximum atomic E-state index is 11.1. The number of unbranched alkanes of at least 4 members (excludes halogenated alkanes) is 9. The molecule has 25 heavy (non-hydrogen) atoms. The Morgan fingerprint density at radius 3 is 1.64 bits per heavy atom. The molecule has 0 amide bonds. The van der Waals surface area contributed by atoms with Crippen LogP contribution in [-0.4, -0.2) is 28.6 Å². The van der Waals surface area contributed by atoms with Crippen LogP contribution in [0.2, 0.25) is 0 Å². The van der Waals surface area contributed by atoms with Gasteiger partial charge in [0.15, 0.2) is 0 Å². The molecule has 0 saturated carbocycles. The molecule has 0 aliphatic heterocycles. The van der Waals surface area contributed by atoms with Gasteiger partial charge in [0.05, 0.1) is 5.97 Å². The molecule has 0 heterocycles. The maximum absolute atomic E-state index is 11.1. The lowest BCUT2D eigenvalue weighted by Gasteiger charge is -2.38. The average molecular weight is 357 g/mol. The molecule has 0 aliphatic carbocycles. The normalized spacial score (nSPS) is 14.6. The molecule has 0 radical (unpaired) electrons. The van der Waals surface area contributed by atoms with Crippen LogP contribution in [0.3, 0.4) is 0 Å². The second kappa shape index (κ2) is 12.7. The highest BCUT2D eigenvalue weighted by Crippen LogP contribution is 2.26. The molecule has 7 nitrogen and oxygen atoms in total. The van der Waals surface area contributed by atoms with E-state index in [1.165, 1.54) is 25.7 Å². The first-order valence-electron chi connectivity index (χ1n) is 9.10. The van der Waals surface area contributed by atoms with Crippen molar-refractivity contribution >= 4 is 17.9 Å². The molecule has 0 spiro atoms. The lowest BCUT2D eigenvalue weighted by atomic mass is 9.81. The molecule has 0 rings (SSSR count). The summed E-state index contributed by atoms with van der Waals surface area (Å²) in [4.78, 5) is 32.8. The van der Waals surface area contributed by atoms with E-state index in [4.69, 9.17) is 0 Å². The van der Waals surface area contributed by atoms with Crippen molar-refractivity contribution in [1.82, 2.24) is 0 Å². The topological polar surface area (TPSA) is 141 Å². The molecule has 0 saturated heterocycles. The summed E-state index contributed by atoms with van der Waals surface area (Å²) in [7, 11) is 0. The second-order valence-electron chi connectivity index (χ2n) is 6.60. The number of rotatable bonds is 16. The maximum Gasteiger partial charge on any atom is 0.117 e. The smallest absolute Gasteiger partial charge is 0.117 e. The zero-order valence-corrected chi connectivity index (χ0v) is 15.0. The third kappa shape index (κ3) is 9.43. The Hall–Kier alpha value is -1.63. The molecular formula is C18H29O7-3. The van der Waals surface area contributed by atoms with Crippen molar-refractivity contribution in [3.8, 4) is 0 Å². The summed E-state index contributed by atoms with van der Waals surface area (Å²) in [5, 5.41) is 42.7. The van der Waals surface area contributed by atoms with Gasteiger partial charge in [-0.15, -0.1) is 0 Å². The second-order valence-corrected chi connectivity index (χ2v) is 6.60. The molecule has 1 N–H and O–H groups in total. The number of carboxylic acids is 3. The molecule has 0 bridgehead atoms. The first-order valence-corrected chi connectivity index (χ1v) is 9.10. The highest BCUT2D eigenvalue weighted by molar-refractivity contribution is 5.87. The lowest BCUT2D eigenvalue weighted by Crippen LogP contribution is -2.60. The number of carbonyl (C=O) groups is 3. The quantitative estimate of drug-likeness (QED) is 0.359. The first kappa shape index (κ1) is 23.4. The minimum Gasteiger partial charge on any atom is -0.550 e. The number of carboxylic acid groups (broad SMARTS) is 3. The zero-order valence-electron chi connectivity index (χ0n) is 15.0. The van der Waals surface area contributed by atoms with Gasteiger partial charge in [-0.1, -0.05) is 71.1 Å². The fourth-order valence-electron chi connectivity index (χ4n) is 2.95. The fourth-order valence-corrected chi connectivity index (χ4v) is 2.95. The van der Waals surface area contributed by atoms with Gasteiger partial charge < -0.3 is 34.8 Å². The molecule has 0 aliphatic rings. The third-order valence-electron chi connectivity index (χ3n) is 4.47. The van der Waals surface area contributed by atoms with E-state index < -0.39 is 35.8 Å². The van der Waals surface area contributed by atoms with Gasteiger partial charge in [0.25, 0.3) is 0 Å². The van der Waals surface area contributed by atoms with Crippen molar-refractivity contribution < 1.29 is 34.8 Å². The average Bonchev–Trinajstić information content (AvgIpc) is 2.51.